The molecule has 0 bridgehead atoms. The maximum absolute atomic E-state index is 9.72. The summed E-state index contributed by atoms with van der Waals surface area (Å²) in [5.41, 5.74) is 1.01. The summed E-state index contributed by atoms with van der Waals surface area (Å²) in [6, 6.07) is 6.03. The summed E-state index contributed by atoms with van der Waals surface area (Å²) in [5, 5.41) is 13.1. The predicted octanol–water partition coefficient (Wildman–Crippen LogP) is 2.78. The van der Waals surface area contributed by atoms with Crippen LogP contribution in [0.5, 0.6) is 5.75 Å². The van der Waals surface area contributed by atoms with Gasteiger partial charge in [0.1, 0.15) is 5.75 Å². The van der Waals surface area contributed by atoms with Crippen LogP contribution in [0.25, 0.3) is 0 Å². The van der Waals surface area contributed by atoms with Gasteiger partial charge < -0.3 is 15.2 Å². The summed E-state index contributed by atoms with van der Waals surface area (Å²) in [7, 11) is 1.65. The molecule has 0 aliphatic heterocycles. The molecule has 1 aliphatic rings. The molecule has 0 saturated heterocycles. The van der Waals surface area contributed by atoms with Gasteiger partial charge in [-0.15, -0.1) is 0 Å². The molecule has 88 valence electrons. The van der Waals surface area contributed by atoms with Crippen LogP contribution in [-0.2, 0) is 0 Å². The Labute approximate surface area is 104 Å². The fraction of sp³-hybridized carbons (Fsp3) is 0.500. The number of hydrogen-bond donors (Lipinski definition) is 2. The minimum atomic E-state index is -0.221. The summed E-state index contributed by atoms with van der Waals surface area (Å²) in [4.78, 5) is 0. The third-order valence-corrected chi connectivity index (χ3v) is 3.60. The van der Waals surface area contributed by atoms with E-state index in [1.807, 2.05) is 18.2 Å². The topological polar surface area (TPSA) is 41.5 Å². The number of rotatable bonds is 3. The van der Waals surface area contributed by atoms with Crippen LogP contribution in [0, 0.1) is 0 Å². The standard InChI is InChI=1S/C12H16BrNO2/c1-16-12-6-5-8(7-9(12)13)14-10-3-2-4-11(10)15/h5-7,10-11,14-15H,2-4H2,1H3/t10-,11-/m0/s1. The lowest BCUT2D eigenvalue weighted by Crippen LogP contribution is -2.27. The van der Waals surface area contributed by atoms with Crippen molar-refractivity contribution in [1.29, 1.82) is 0 Å². The minimum Gasteiger partial charge on any atom is -0.496 e. The molecule has 4 heteroatoms. The van der Waals surface area contributed by atoms with Crippen molar-refractivity contribution in [2.24, 2.45) is 0 Å². The zero-order chi connectivity index (χ0) is 11.5. The highest BCUT2D eigenvalue weighted by atomic mass is 79.9. The number of anilines is 1. The molecule has 1 fully saturated rings. The van der Waals surface area contributed by atoms with Gasteiger partial charge in [0.15, 0.2) is 0 Å². The molecule has 1 aliphatic carbocycles. The third-order valence-electron chi connectivity index (χ3n) is 2.98. The first-order valence-corrected chi connectivity index (χ1v) is 6.28. The number of nitrogens with one attached hydrogen (secondary N) is 1. The summed E-state index contributed by atoms with van der Waals surface area (Å²) < 4.78 is 6.09. The molecular formula is C12H16BrNO2. The Morgan fingerprint density at radius 1 is 1.44 bits per heavy atom. The predicted molar refractivity (Wildman–Crippen MR) is 68.0 cm³/mol. The lowest BCUT2D eigenvalue weighted by Gasteiger charge is -2.18. The van der Waals surface area contributed by atoms with Gasteiger partial charge >= 0.3 is 0 Å². The average molecular weight is 286 g/mol. The van der Waals surface area contributed by atoms with Gasteiger partial charge in [0.25, 0.3) is 0 Å². The largest absolute Gasteiger partial charge is 0.496 e. The minimum absolute atomic E-state index is 0.181. The normalized spacial score (nSPS) is 24.4. The maximum atomic E-state index is 9.72. The van der Waals surface area contributed by atoms with E-state index in [0.29, 0.717) is 0 Å². The van der Waals surface area contributed by atoms with Gasteiger partial charge in [-0.2, -0.15) is 0 Å². The van der Waals surface area contributed by atoms with Crippen molar-refractivity contribution in [1.82, 2.24) is 0 Å². The Morgan fingerprint density at radius 2 is 2.25 bits per heavy atom. The maximum Gasteiger partial charge on any atom is 0.133 e. The van der Waals surface area contributed by atoms with Gasteiger partial charge in [-0.25, -0.2) is 0 Å². The summed E-state index contributed by atoms with van der Waals surface area (Å²) >= 11 is 3.44. The van der Waals surface area contributed by atoms with E-state index in [-0.39, 0.29) is 12.1 Å². The fourth-order valence-electron chi connectivity index (χ4n) is 2.08. The molecule has 0 unspecified atom stereocenters. The first-order valence-electron chi connectivity index (χ1n) is 5.49. The van der Waals surface area contributed by atoms with Gasteiger partial charge in [-0.1, -0.05) is 0 Å². The highest BCUT2D eigenvalue weighted by molar-refractivity contribution is 9.10. The van der Waals surface area contributed by atoms with Crippen molar-refractivity contribution in [3.63, 3.8) is 0 Å². The number of aliphatic hydroxyl groups excluding tert-OH is 1. The summed E-state index contributed by atoms with van der Waals surface area (Å²) in [6.07, 6.45) is 2.80. The van der Waals surface area contributed by atoms with Crippen molar-refractivity contribution in [2.75, 3.05) is 12.4 Å². The first kappa shape index (κ1) is 11.7. The Hall–Kier alpha value is -0.740. The molecule has 0 heterocycles. The highest BCUT2D eigenvalue weighted by Gasteiger charge is 2.24. The average Bonchev–Trinajstić information content (AvgIpc) is 2.65. The van der Waals surface area contributed by atoms with E-state index >= 15 is 0 Å². The van der Waals surface area contributed by atoms with Gasteiger partial charge in [-0.3, -0.25) is 0 Å². The molecule has 2 N–H and O–H groups in total. The van der Waals surface area contributed by atoms with Crippen LogP contribution in [0.4, 0.5) is 5.69 Å². The third kappa shape index (κ3) is 2.50. The number of methoxy groups -OCH3 is 1. The van der Waals surface area contributed by atoms with Crippen molar-refractivity contribution in [3.8, 4) is 5.75 Å². The number of ether oxygens (including phenoxy) is 1. The SMILES string of the molecule is COc1ccc(N[C@H]2CCC[C@@H]2O)cc1Br. The van der Waals surface area contributed by atoms with E-state index < -0.39 is 0 Å². The second-order valence-corrected chi connectivity index (χ2v) is 4.95. The van der Waals surface area contributed by atoms with Crippen LogP contribution < -0.4 is 10.1 Å². The second-order valence-electron chi connectivity index (χ2n) is 4.10. The molecule has 2 atom stereocenters. The molecule has 0 radical (unpaired) electrons. The number of aliphatic hydroxyl groups is 1. The van der Waals surface area contributed by atoms with E-state index in [4.69, 9.17) is 4.74 Å². The Bertz CT molecular complexity index is 370. The lowest BCUT2D eigenvalue weighted by atomic mass is 10.2. The first-order chi connectivity index (χ1) is 7.70. The highest BCUT2D eigenvalue weighted by Crippen LogP contribution is 2.29. The van der Waals surface area contributed by atoms with Gasteiger partial charge in [0, 0.05) is 5.69 Å². The van der Waals surface area contributed by atoms with Crippen LogP contribution in [0.2, 0.25) is 0 Å². The zero-order valence-electron chi connectivity index (χ0n) is 9.24. The van der Waals surface area contributed by atoms with Crippen LogP contribution in [0.1, 0.15) is 19.3 Å². The summed E-state index contributed by atoms with van der Waals surface area (Å²) in [5.74, 6) is 0.817. The van der Waals surface area contributed by atoms with Gasteiger partial charge in [-0.05, 0) is 53.4 Å². The molecule has 1 saturated carbocycles. The van der Waals surface area contributed by atoms with Crippen LogP contribution in [0.15, 0.2) is 22.7 Å². The lowest BCUT2D eigenvalue weighted by molar-refractivity contribution is 0.172. The molecule has 1 aromatic rings. The second kappa shape index (κ2) is 5.06. The molecule has 0 spiro atoms. The van der Waals surface area contributed by atoms with E-state index in [9.17, 15) is 5.11 Å². The number of halogens is 1. The molecule has 0 amide bonds. The van der Waals surface area contributed by atoms with E-state index in [0.717, 1.165) is 35.2 Å². The molecule has 2 rings (SSSR count). The molecule has 3 nitrogen and oxygen atoms in total. The monoisotopic (exact) mass is 285 g/mol. The molecule has 16 heavy (non-hydrogen) atoms. The van der Waals surface area contributed by atoms with Crippen molar-refractivity contribution in [3.05, 3.63) is 22.7 Å². The van der Waals surface area contributed by atoms with Gasteiger partial charge in [0.2, 0.25) is 0 Å². The fourth-order valence-corrected chi connectivity index (χ4v) is 2.62. The summed E-state index contributed by atoms with van der Waals surface area (Å²) in [6.45, 7) is 0. The van der Waals surface area contributed by atoms with Crippen LogP contribution in [-0.4, -0.2) is 24.4 Å². The Morgan fingerprint density at radius 3 is 2.81 bits per heavy atom. The molecular weight excluding hydrogens is 270 g/mol. The Kier molecular flexibility index (Phi) is 3.71. The number of benzene rings is 1. The van der Waals surface area contributed by atoms with E-state index in [1.54, 1.807) is 7.11 Å². The quantitative estimate of drug-likeness (QED) is 0.897. The van der Waals surface area contributed by atoms with E-state index in [2.05, 4.69) is 21.2 Å². The number of hydrogen-bond acceptors (Lipinski definition) is 3. The zero-order valence-corrected chi connectivity index (χ0v) is 10.8. The van der Waals surface area contributed by atoms with Crippen LogP contribution >= 0.6 is 15.9 Å². The Balaban J connectivity index is 2.07. The van der Waals surface area contributed by atoms with Gasteiger partial charge in [0.05, 0.1) is 23.7 Å². The smallest absolute Gasteiger partial charge is 0.133 e. The molecule has 1 aromatic carbocycles. The van der Waals surface area contributed by atoms with Crippen molar-refractivity contribution in [2.45, 2.75) is 31.4 Å². The van der Waals surface area contributed by atoms with Crippen LogP contribution in [0.3, 0.4) is 0 Å². The molecule has 0 aromatic heterocycles. The van der Waals surface area contributed by atoms with Crippen molar-refractivity contribution >= 4 is 21.6 Å². The van der Waals surface area contributed by atoms with E-state index in [1.165, 1.54) is 0 Å². The van der Waals surface area contributed by atoms with Crippen molar-refractivity contribution < 1.29 is 9.84 Å².